The fraction of sp³-hybridized carbons (Fsp3) is 0.286. The number of amides is 1. The predicted molar refractivity (Wildman–Crippen MR) is 118 cm³/mol. The van der Waals surface area contributed by atoms with Gasteiger partial charge in [0.05, 0.1) is 7.11 Å². The summed E-state index contributed by atoms with van der Waals surface area (Å²) in [5, 5.41) is 10.4. The third-order valence-corrected chi connectivity index (χ3v) is 7.89. The number of aromatic nitrogens is 2. The van der Waals surface area contributed by atoms with Gasteiger partial charge in [-0.2, -0.15) is 0 Å². The van der Waals surface area contributed by atoms with Crippen molar-refractivity contribution in [2.75, 3.05) is 12.4 Å². The summed E-state index contributed by atoms with van der Waals surface area (Å²) < 4.78 is 33.7. The number of hydrogen-bond donors (Lipinski definition) is 2. The molecule has 8 nitrogen and oxygen atoms in total. The summed E-state index contributed by atoms with van der Waals surface area (Å²) in [6.45, 7) is 1.83. The van der Waals surface area contributed by atoms with Crippen LogP contribution in [0.5, 0.6) is 5.75 Å². The summed E-state index contributed by atoms with van der Waals surface area (Å²) in [7, 11) is -2.29. The standard InChI is InChI=1S/C21H22N4O4S2/c1-13-6-3-4-8-16(13)19(26)22-20-23-24-21(30-20)31(27,28)25-18-9-5-7-14-12-15(29-2)10-11-17(14)18/h3-4,6,8,10-12,18,25H,5,7,9H2,1-2H3,(H,22,23,26)/t18-/m0/s1. The molecule has 0 spiro atoms. The van der Waals surface area contributed by atoms with Crippen LogP contribution in [-0.4, -0.2) is 31.6 Å². The summed E-state index contributed by atoms with van der Waals surface area (Å²) >= 11 is 0.820. The van der Waals surface area contributed by atoms with Crippen LogP contribution in [0, 0.1) is 6.92 Å². The molecule has 2 N–H and O–H groups in total. The minimum Gasteiger partial charge on any atom is -0.497 e. The fourth-order valence-electron chi connectivity index (χ4n) is 3.64. The first-order chi connectivity index (χ1) is 14.9. The van der Waals surface area contributed by atoms with Crippen LogP contribution < -0.4 is 14.8 Å². The van der Waals surface area contributed by atoms with Gasteiger partial charge in [0.15, 0.2) is 0 Å². The Morgan fingerprint density at radius 3 is 2.77 bits per heavy atom. The van der Waals surface area contributed by atoms with Crippen molar-refractivity contribution in [2.45, 2.75) is 36.6 Å². The molecule has 1 heterocycles. The van der Waals surface area contributed by atoms with Crippen molar-refractivity contribution < 1.29 is 17.9 Å². The molecule has 1 aromatic heterocycles. The molecular formula is C21H22N4O4S2. The van der Waals surface area contributed by atoms with Crippen LogP contribution in [0.2, 0.25) is 0 Å². The van der Waals surface area contributed by atoms with Gasteiger partial charge in [0.25, 0.3) is 15.9 Å². The van der Waals surface area contributed by atoms with Gasteiger partial charge in [-0.1, -0.05) is 35.6 Å². The number of methoxy groups -OCH3 is 1. The molecule has 1 amide bonds. The molecule has 10 heteroatoms. The Balaban J connectivity index is 1.50. The van der Waals surface area contributed by atoms with Gasteiger partial charge in [-0.25, -0.2) is 13.1 Å². The Labute approximate surface area is 184 Å². The third kappa shape index (κ3) is 4.60. The molecule has 0 radical (unpaired) electrons. The fourth-order valence-corrected chi connectivity index (χ4v) is 5.80. The summed E-state index contributed by atoms with van der Waals surface area (Å²) in [5.41, 5.74) is 3.32. The highest BCUT2D eigenvalue weighted by Crippen LogP contribution is 2.33. The van der Waals surface area contributed by atoms with Crippen LogP contribution in [-0.2, 0) is 16.4 Å². The van der Waals surface area contributed by atoms with E-state index in [1.54, 1.807) is 19.2 Å². The maximum atomic E-state index is 12.9. The number of nitrogens with one attached hydrogen (secondary N) is 2. The van der Waals surface area contributed by atoms with E-state index in [2.05, 4.69) is 20.2 Å². The molecule has 1 atom stereocenters. The molecule has 2 aromatic carbocycles. The first-order valence-corrected chi connectivity index (χ1v) is 12.1. The van der Waals surface area contributed by atoms with Crippen molar-refractivity contribution in [2.24, 2.45) is 0 Å². The summed E-state index contributed by atoms with van der Waals surface area (Å²) in [6.07, 6.45) is 2.42. The summed E-state index contributed by atoms with van der Waals surface area (Å²) in [6, 6.07) is 12.4. The van der Waals surface area contributed by atoms with E-state index >= 15 is 0 Å². The van der Waals surface area contributed by atoms with E-state index in [9.17, 15) is 13.2 Å². The van der Waals surface area contributed by atoms with Crippen LogP contribution in [0.15, 0.2) is 46.8 Å². The predicted octanol–water partition coefficient (Wildman–Crippen LogP) is 3.46. The first kappa shape index (κ1) is 21.4. The van der Waals surface area contributed by atoms with Crippen molar-refractivity contribution in [3.8, 4) is 5.75 Å². The molecule has 0 saturated carbocycles. The van der Waals surface area contributed by atoms with E-state index < -0.39 is 10.0 Å². The number of benzene rings is 2. The Morgan fingerprint density at radius 2 is 2.00 bits per heavy atom. The molecular weight excluding hydrogens is 436 g/mol. The van der Waals surface area contributed by atoms with Crippen LogP contribution in [0.3, 0.4) is 0 Å². The quantitative estimate of drug-likeness (QED) is 0.548. The Morgan fingerprint density at radius 1 is 1.19 bits per heavy atom. The van der Waals surface area contributed by atoms with Crippen molar-refractivity contribution in [3.63, 3.8) is 0 Å². The van der Waals surface area contributed by atoms with E-state index in [0.29, 0.717) is 12.0 Å². The molecule has 0 saturated heterocycles. The monoisotopic (exact) mass is 458 g/mol. The maximum Gasteiger partial charge on any atom is 0.270 e. The number of ether oxygens (including phenoxy) is 1. The second-order valence-electron chi connectivity index (χ2n) is 7.27. The van der Waals surface area contributed by atoms with Gasteiger partial charge in [0.2, 0.25) is 9.47 Å². The molecule has 0 fully saturated rings. The van der Waals surface area contributed by atoms with E-state index in [0.717, 1.165) is 46.6 Å². The Kier molecular flexibility index (Phi) is 6.03. The largest absolute Gasteiger partial charge is 0.497 e. The van der Waals surface area contributed by atoms with E-state index in [1.807, 2.05) is 37.3 Å². The topological polar surface area (TPSA) is 110 Å². The highest BCUT2D eigenvalue weighted by atomic mass is 32.2. The van der Waals surface area contributed by atoms with Crippen LogP contribution in [0.4, 0.5) is 5.13 Å². The second-order valence-corrected chi connectivity index (χ2v) is 10.1. The molecule has 0 bridgehead atoms. The lowest BCUT2D eigenvalue weighted by atomic mass is 9.88. The Hall–Kier alpha value is -2.82. The van der Waals surface area contributed by atoms with Gasteiger partial charge in [-0.15, -0.1) is 10.2 Å². The Bertz CT molecular complexity index is 1220. The van der Waals surface area contributed by atoms with Gasteiger partial charge in [0.1, 0.15) is 5.75 Å². The van der Waals surface area contributed by atoms with Gasteiger partial charge in [0, 0.05) is 11.6 Å². The molecule has 3 aromatic rings. The number of nitrogens with zero attached hydrogens (tertiary/aromatic N) is 2. The zero-order valence-electron chi connectivity index (χ0n) is 17.1. The number of sulfonamides is 1. The van der Waals surface area contributed by atoms with Gasteiger partial charge in [-0.3, -0.25) is 10.1 Å². The normalized spacial score (nSPS) is 15.9. The van der Waals surface area contributed by atoms with Crippen LogP contribution in [0.25, 0.3) is 0 Å². The van der Waals surface area contributed by atoms with Gasteiger partial charge < -0.3 is 4.74 Å². The third-order valence-electron chi connectivity index (χ3n) is 5.21. The number of carbonyl (C=O) groups is 1. The number of aryl methyl sites for hydroxylation is 2. The lowest BCUT2D eigenvalue weighted by molar-refractivity contribution is 0.102. The highest BCUT2D eigenvalue weighted by molar-refractivity contribution is 7.91. The van der Waals surface area contributed by atoms with Crippen LogP contribution in [0.1, 0.15) is 45.9 Å². The lowest BCUT2D eigenvalue weighted by Crippen LogP contribution is -2.31. The van der Waals surface area contributed by atoms with Crippen molar-refractivity contribution in [1.82, 2.24) is 14.9 Å². The lowest BCUT2D eigenvalue weighted by Gasteiger charge is -2.26. The van der Waals surface area contributed by atoms with Crippen molar-refractivity contribution >= 4 is 32.4 Å². The van der Waals surface area contributed by atoms with E-state index in [1.165, 1.54) is 0 Å². The zero-order chi connectivity index (χ0) is 22.0. The first-order valence-electron chi connectivity index (χ1n) is 9.77. The number of rotatable bonds is 6. The van der Waals surface area contributed by atoms with Crippen molar-refractivity contribution in [3.05, 3.63) is 64.7 Å². The molecule has 1 aliphatic rings. The second kappa shape index (κ2) is 8.74. The number of carbonyl (C=O) groups excluding carboxylic acids is 1. The van der Waals surface area contributed by atoms with E-state index in [4.69, 9.17) is 4.74 Å². The SMILES string of the molecule is COc1ccc2c(c1)CCC[C@@H]2NS(=O)(=O)c1nnc(NC(=O)c2ccccc2C)s1. The van der Waals surface area contributed by atoms with E-state index in [-0.39, 0.29) is 21.4 Å². The number of fused-ring (bicyclic) bond motifs is 1. The highest BCUT2D eigenvalue weighted by Gasteiger charge is 2.29. The minimum absolute atomic E-state index is 0.127. The molecule has 1 aliphatic carbocycles. The molecule has 4 rings (SSSR count). The van der Waals surface area contributed by atoms with Crippen molar-refractivity contribution in [1.29, 1.82) is 0 Å². The smallest absolute Gasteiger partial charge is 0.270 e. The summed E-state index contributed by atoms with van der Waals surface area (Å²) in [5.74, 6) is 0.390. The van der Waals surface area contributed by atoms with Crippen LogP contribution >= 0.6 is 11.3 Å². The average molecular weight is 459 g/mol. The molecule has 0 aliphatic heterocycles. The molecule has 31 heavy (non-hydrogen) atoms. The molecule has 0 unspecified atom stereocenters. The van der Waals surface area contributed by atoms with Gasteiger partial charge in [-0.05, 0) is 61.1 Å². The van der Waals surface area contributed by atoms with Gasteiger partial charge >= 0.3 is 0 Å². The minimum atomic E-state index is -3.89. The summed E-state index contributed by atoms with van der Waals surface area (Å²) in [4.78, 5) is 12.5. The maximum absolute atomic E-state index is 12.9. The average Bonchev–Trinajstić information content (AvgIpc) is 3.23. The number of anilines is 1. The number of hydrogen-bond acceptors (Lipinski definition) is 7. The molecule has 162 valence electrons. The zero-order valence-corrected chi connectivity index (χ0v) is 18.7.